The van der Waals surface area contributed by atoms with E-state index in [2.05, 4.69) is 4.98 Å². The topological polar surface area (TPSA) is 30.0 Å². The predicted octanol–water partition coefficient (Wildman–Crippen LogP) is 1.66. The third kappa shape index (κ3) is 1.03. The summed E-state index contributed by atoms with van der Waals surface area (Å²) >= 11 is 1.20. The van der Waals surface area contributed by atoms with Gasteiger partial charge in [-0.15, -0.1) is 11.3 Å². The molecular formula is C8H5NOS. The highest BCUT2D eigenvalue weighted by atomic mass is 32.1. The lowest BCUT2D eigenvalue weighted by atomic mass is 10.3. The summed E-state index contributed by atoms with van der Waals surface area (Å²) in [5, 5.41) is 2.47. The number of fused-ring (bicyclic) bond motifs is 1. The van der Waals surface area contributed by atoms with Crippen LogP contribution in [0.2, 0.25) is 0 Å². The highest BCUT2D eigenvalue weighted by Crippen LogP contribution is 2.05. The van der Waals surface area contributed by atoms with E-state index >= 15 is 0 Å². The van der Waals surface area contributed by atoms with Gasteiger partial charge in [0.2, 0.25) is 4.74 Å². The summed E-state index contributed by atoms with van der Waals surface area (Å²) in [7, 11) is 0. The Morgan fingerprint density at radius 2 is 2.27 bits per heavy atom. The van der Waals surface area contributed by atoms with Crippen LogP contribution in [0.3, 0.4) is 0 Å². The van der Waals surface area contributed by atoms with E-state index in [1.165, 1.54) is 11.3 Å². The van der Waals surface area contributed by atoms with E-state index in [0.717, 1.165) is 5.52 Å². The normalized spacial score (nSPS) is 10.2. The van der Waals surface area contributed by atoms with Gasteiger partial charge in [-0.1, -0.05) is 0 Å². The molecule has 0 saturated carbocycles. The molecule has 0 N–H and O–H groups in total. The molecule has 54 valence electrons. The van der Waals surface area contributed by atoms with Crippen molar-refractivity contribution in [3.05, 3.63) is 39.3 Å². The highest BCUT2D eigenvalue weighted by Gasteiger charge is 1.94. The average molecular weight is 163 g/mol. The quantitative estimate of drug-likeness (QED) is 0.591. The second-order valence-corrected chi connectivity index (χ2v) is 3.02. The third-order valence-electron chi connectivity index (χ3n) is 1.46. The molecule has 0 aliphatic heterocycles. The van der Waals surface area contributed by atoms with Gasteiger partial charge >= 0.3 is 0 Å². The van der Waals surface area contributed by atoms with Gasteiger partial charge in [0.15, 0.2) is 0 Å². The average Bonchev–Trinajstić information content (AvgIpc) is 2.06. The van der Waals surface area contributed by atoms with Crippen molar-refractivity contribution in [3.63, 3.8) is 0 Å². The minimum absolute atomic E-state index is 0.0793. The predicted molar refractivity (Wildman–Crippen MR) is 45.9 cm³/mol. The molecule has 2 aromatic heterocycles. The molecule has 11 heavy (non-hydrogen) atoms. The molecule has 2 rings (SSSR count). The van der Waals surface area contributed by atoms with Crippen LogP contribution < -0.4 is 4.74 Å². The molecule has 0 spiro atoms. The minimum atomic E-state index is 0.0793. The summed E-state index contributed by atoms with van der Waals surface area (Å²) in [4.78, 5) is 15.2. The number of aromatic nitrogens is 1. The second-order valence-electron chi connectivity index (χ2n) is 2.14. The number of nitrogens with zero attached hydrogens (tertiary/aromatic N) is 1. The molecule has 0 unspecified atom stereocenters. The zero-order chi connectivity index (χ0) is 7.68. The van der Waals surface area contributed by atoms with Gasteiger partial charge in [0.25, 0.3) is 0 Å². The molecule has 2 aromatic rings. The standard InChI is InChI=1S/C8H5NOS/c10-8-6-2-1-4-9-7(6)3-5-11-8/h1-5H. The van der Waals surface area contributed by atoms with Crippen molar-refractivity contribution in [1.82, 2.24) is 4.98 Å². The van der Waals surface area contributed by atoms with Gasteiger partial charge in [-0.2, -0.15) is 0 Å². The lowest BCUT2D eigenvalue weighted by Gasteiger charge is -1.90. The van der Waals surface area contributed by atoms with Gasteiger partial charge in [0.05, 0.1) is 10.9 Å². The molecule has 0 amide bonds. The van der Waals surface area contributed by atoms with Crippen LogP contribution >= 0.6 is 11.3 Å². The van der Waals surface area contributed by atoms with Gasteiger partial charge in [-0.3, -0.25) is 9.78 Å². The van der Waals surface area contributed by atoms with Crippen molar-refractivity contribution in [2.24, 2.45) is 0 Å². The van der Waals surface area contributed by atoms with Crippen LogP contribution in [-0.4, -0.2) is 4.98 Å². The summed E-state index contributed by atoms with van der Waals surface area (Å²) in [5.41, 5.74) is 0.774. The number of hydrogen-bond donors (Lipinski definition) is 0. The maximum atomic E-state index is 11.2. The number of pyridine rings is 1. The van der Waals surface area contributed by atoms with E-state index in [1.54, 1.807) is 23.7 Å². The zero-order valence-corrected chi connectivity index (χ0v) is 6.47. The first kappa shape index (κ1) is 6.49. The molecule has 0 aliphatic rings. The smallest absolute Gasteiger partial charge is 0.241 e. The monoisotopic (exact) mass is 163 g/mol. The van der Waals surface area contributed by atoms with Crippen molar-refractivity contribution in [1.29, 1.82) is 0 Å². The van der Waals surface area contributed by atoms with E-state index in [4.69, 9.17) is 0 Å². The molecular weight excluding hydrogens is 158 g/mol. The molecule has 0 saturated heterocycles. The van der Waals surface area contributed by atoms with E-state index in [1.807, 2.05) is 6.07 Å². The van der Waals surface area contributed by atoms with Crippen LogP contribution in [0.4, 0.5) is 0 Å². The third-order valence-corrected chi connectivity index (χ3v) is 2.17. The van der Waals surface area contributed by atoms with Gasteiger partial charge in [0, 0.05) is 6.20 Å². The van der Waals surface area contributed by atoms with Gasteiger partial charge in [-0.25, -0.2) is 0 Å². The molecule has 0 aliphatic carbocycles. The van der Waals surface area contributed by atoms with E-state index in [-0.39, 0.29) is 4.74 Å². The van der Waals surface area contributed by atoms with Gasteiger partial charge in [0.1, 0.15) is 0 Å². The summed E-state index contributed by atoms with van der Waals surface area (Å²) in [6, 6.07) is 5.42. The number of hydrogen-bond acceptors (Lipinski definition) is 3. The fourth-order valence-corrected chi connectivity index (χ4v) is 1.57. The molecule has 0 atom stereocenters. The first-order chi connectivity index (χ1) is 5.38. The molecule has 0 aromatic carbocycles. The highest BCUT2D eigenvalue weighted by molar-refractivity contribution is 7.07. The van der Waals surface area contributed by atoms with Crippen molar-refractivity contribution >= 4 is 22.2 Å². The van der Waals surface area contributed by atoms with Crippen molar-refractivity contribution in [2.75, 3.05) is 0 Å². The Morgan fingerprint density at radius 3 is 3.09 bits per heavy atom. The lowest BCUT2D eigenvalue weighted by molar-refractivity contribution is 1.42. The van der Waals surface area contributed by atoms with Gasteiger partial charge in [-0.05, 0) is 23.6 Å². The van der Waals surface area contributed by atoms with Crippen LogP contribution in [0.1, 0.15) is 0 Å². The van der Waals surface area contributed by atoms with Crippen LogP contribution in [0, 0.1) is 0 Å². The maximum absolute atomic E-state index is 11.2. The summed E-state index contributed by atoms with van der Waals surface area (Å²) in [6.45, 7) is 0. The first-order valence-electron chi connectivity index (χ1n) is 3.20. The van der Waals surface area contributed by atoms with E-state index < -0.39 is 0 Å². The Kier molecular flexibility index (Phi) is 1.43. The largest absolute Gasteiger partial charge is 0.277 e. The van der Waals surface area contributed by atoms with Crippen LogP contribution in [0.15, 0.2) is 34.6 Å². The molecule has 2 heterocycles. The van der Waals surface area contributed by atoms with E-state index in [0.29, 0.717) is 5.39 Å². The van der Waals surface area contributed by atoms with Crippen molar-refractivity contribution in [3.8, 4) is 0 Å². The minimum Gasteiger partial charge on any atom is -0.277 e. The van der Waals surface area contributed by atoms with Crippen LogP contribution in [0.5, 0.6) is 0 Å². The fraction of sp³-hybridized carbons (Fsp3) is 0. The zero-order valence-electron chi connectivity index (χ0n) is 5.65. The second kappa shape index (κ2) is 2.43. The Labute approximate surface area is 67.1 Å². The summed E-state index contributed by atoms with van der Waals surface area (Å²) in [5.74, 6) is 0. The summed E-state index contributed by atoms with van der Waals surface area (Å²) < 4.78 is 0.0793. The first-order valence-corrected chi connectivity index (χ1v) is 4.08. The van der Waals surface area contributed by atoms with Crippen LogP contribution in [-0.2, 0) is 0 Å². The fourth-order valence-electron chi connectivity index (χ4n) is 0.947. The molecule has 0 radical (unpaired) electrons. The Balaban J connectivity index is 3.03. The molecule has 2 nitrogen and oxygen atoms in total. The Morgan fingerprint density at radius 1 is 1.36 bits per heavy atom. The Bertz CT molecular complexity index is 430. The van der Waals surface area contributed by atoms with Gasteiger partial charge < -0.3 is 0 Å². The van der Waals surface area contributed by atoms with Crippen molar-refractivity contribution in [2.45, 2.75) is 0 Å². The molecule has 0 bridgehead atoms. The van der Waals surface area contributed by atoms with E-state index in [9.17, 15) is 4.79 Å². The lowest BCUT2D eigenvalue weighted by Crippen LogP contribution is -1.93. The SMILES string of the molecule is O=c1sccc2ncccc12. The summed E-state index contributed by atoms with van der Waals surface area (Å²) in [6.07, 6.45) is 1.69. The molecule has 0 fully saturated rings. The molecule has 3 heteroatoms. The van der Waals surface area contributed by atoms with Crippen molar-refractivity contribution < 1.29 is 0 Å². The maximum Gasteiger partial charge on any atom is 0.241 e. The Hall–Kier alpha value is -1.22. The van der Waals surface area contributed by atoms with Crippen LogP contribution in [0.25, 0.3) is 10.9 Å². The number of rotatable bonds is 0.